The number of amides is 3. The second-order valence-electron chi connectivity index (χ2n) is 9.43. The van der Waals surface area contributed by atoms with Crippen LogP contribution < -0.4 is 15.4 Å². The summed E-state index contributed by atoms with van der Waals surface area (Å²) in [6.07, 6.45) is 5.05. The molecule has 9 heteroatoms. The lowest BCUT2D eigenvalue weighted by atomic mass is 9.88. The molecule has 3 amide bonds. The lowest BCUT2D eigenvalue weighted by Crippen LogP contribution is -2.55. The molecule has 2 aromatic carbocycles. The topological polar surface area (TPSA) is 87.7 Å². The minimum atomic E-state index is -0.301. The summed E-state index contributed by atoms with van der Waals surface area (Å²) in [5.41, 5.74) is 1.01. The minimum Gasteiger partial charge on any atom is -0.497 e. The third-order valence-corrected chi connectivity index (χ3v) is 7.75. The molecule has 7 nitrogen and oxygen atoms in total. The highest BCUT2D eigenvalue weighted by Gasteiger charge is 2.33. The van der Waals surface area contributed by atoms with Crippen LogP contribution in [0.4, 0.5) is 0 Å². The molecule has 0 radical (unpaired) electrons. The largest absolute Gasteiger partial charge is 0.497 e. The molecule has 2 fully saturated rings. The molecule has 1 heterocycles. The fourth-order valence-electron chi connectivity index (χ4n) is 4.96. The molecule has 1 aliphatic heterocycles. The lowest BCUT2D eigenvalue weighted by molar-refractivity contribution is -0.127. The summed E-state index contributed by atoms with van der Waals surface area (Å²) < 4.78 is 5.16. The van der Waals surface area contributed by atoms with Crippen LogP contribution in [0.2, 0.25) is 10.0 Å². The monoisotopic (exact) mass is 531 g/mol. The number of methoxy groups -OCH3 is 1. The van der Waals surface area contributed by atoms with Gasteiger partial charge in [-0.1, -0.05) is 36.0 Å². The fraction of sp³-hybridized carbons (Fsp3) is 0.444. The first-order chi connectivity index (χ1) is 17.4. The third kappa shape index (κ3) is 6.31. The van der Waals surface area contributed by atoms with E-state index >= 15 is 0 Å². The van der Waals surface area contributed by atoms with Crippen molar-refractivity contribution in [3.63, 3.8) is 0 Å². The minimum absolute atomic E-state index is 0.0720. The number of nitrogens with one attached hydrogen (secondary N) is 2. The van der Waals surface area contributed by atoms with Crippen molar-refractivity contribution < 1.29 is 19.1 Å². The number of halogens is 2. The van der Waals surface area contributed by atoms with Gasteiger partial charge in [0, 0.05) is 36.3 Å². The number of rotatable bonds is 6. The summed E-state index contributed by atoms with van der Waals surface area (Å²) >= 11 is 12.1. The van der Waals surface area contributed by atoms with Crippen molar-refractivity contribution in [2.24, 2.45) is 5.92 Å². The summed E-state index contributed by atoms with van der Waals surface area (Å²) in [5.74, 6) is -0.00988. The summed E-state index contributed by atoms with van der Waals surface area (Å²) in [6.45, 7) is 0.938. The van der Waals surface area contributed by atoms with Crippen LogP contribution >= 0.6 is 23.2 Å². The highest BCUT2D eigenvalue weighted by Crippen LogP contribution is 2.26. The molecule has 0 unspecified atom stereocenters. The van der Waals surface area contributed by atoms with E-state index in [9.17, 15) is 14.4 Å². The molecule has 1 saturated heterocycles. The van der Waals surface area contributed by atoms with Crippen molar-refractivity contribution in [2.45, 2.75) is 50.6 Å². The molecule has 192 valence electrons. The fourth-order valence-corrected chi connectivity index (χ4v) is 5.26. The molecule has 2 N–H and O–H groups in total. The standard InChI is InChI=1S/C27H31Cl2N3O4/c1-36-20-11-8-17(9-12-20)25(33)30-23-6-2-3-7-24(23)31-26(34)19-5-4-14-32(16-19)27(35)18-10-13-21(28)22(29)15-18/h8-13,15,19,23-24H,2-7,14,16H2,1H3,(H,30,33)(H,31,34)/t19-,23-,24-/m1/s1. The van der Waals surface area contributed by atoms with E-state index in [-0.39, 0.29) is 35.7 Å². The molecule has 36 heavy (non-hydrogen) atoms. The average Bonchev–Trinajstić information content (AvgIpc) is 2.91. The van der Waals surface area contributed by atoms with Gasteiger partial charge in [-0.3, -0.25) is 14.4 Å². The van der Waals surface area contributed by atoms with E-state index in [1.807, 2.05) is 0 Å². The number of carbonyl (C=O) groups is 3. The van der Waals surface area contributed by atoms with Gasteiger partial charge in [0.1, 0.15) is 5.75 Å². The molecule has 1 aliphatic carbocycles. The van der Waals surface area contributed by atoms with Crippen molar-refractivity contribution in [3.05, 3.63) is 63.6 Å². The molecular formula is C27H31Cl2N3O4. The van der Waals surface area contributed by atoms with Gasteiger partial charge < -0.3 is 20.3 Å². The van der Waals surface area contributed by atoms with Crippen molar-refractivity contribution in [2.75, 3.05) is 20.2 Å². The third-order valence-electron chi connectivity index (χ3n) is 7.01. The van der Waals surface area contributed by atoms with E-state index in [1.54, 1.807) is 54.5 Å². The average molecular weight is 532 g/mol. The predicted octanol–water partition coefficient (Wildman–Crippen LogP) is 4.71. The van der Waals surface area contributed by atoms with Gasteiger partial charge in [-0.25, -0.2) is 0 Å². The first kappa shape index (κ1) is 26.3. The lowest BCUT2D eigenvalue weighted by Gasteiger charge is -2.36. The highest BCUT2D eigenvalue weighted by molar-refractivity contribution is 6.42. The van der Waals surface area contributed by atoms with Crippen molar-refractivity contribution in [3.8, 4) is 5.75 Å². The summed E-state index contributed by atoms with van der Waals surface area (Å²) in [6, 6.07) is 11.5. The second-order valence-corrected chi connectivity index (χ2v) is 10.2. The van der Waals surface area contributed by atoms with Crippen LogP contribution in [-0.2, 0) is 4.79 Å². The van der Waals surface area contributed by atoms with E-state index < -0.39 is 0 Å². The van der Waals surface area contributed by atoms with Gasteiger partial charge in [0.15, 0.2) is 0 Å². The summed E-state index contributed by atoms with van der Waals surface area (Å²) in [4.78, 5) is 40.8. The van der Waals surface area contributed by atoms with Crippen LogP contribution in [0.3, 0.4) is 0 Å². The van der Waals surface area contributed by atoms with Crippen molar-refractivity contribution >= 4 is 40.9 Å². The summed E-state index contributed by atoms with van der Waals surface area (Å²) in [7, 11) is 1.58. The van der Waals surface area contributed by atoms with Gasteiger partial charge >= 0.3 is 0 Å². The number of ether oxygens (including phenoxy) is 1. The molecule has 2 aliphatic rings. The van der Waals surface area contributed by atoms with Crippen LogP contribution in [0, 0.1) is 5.92 Å². The predicted molar refractivity (Wildman–Crippen MR) is 140 cm³/mol. The van der Waals surface area contributed by atoms with Crippen LogP contribution in [0.25, 0.3) is 0 Å². The normalized spacial score (nSPS) is 22.0. The van der Waals surface area contributed by atoms with Crippen LogP contribution in [0.15, 0.2) is 42.5 Å². The Morgan fingerprint density at radius 1 is 0.861 bits per heavy atom. The number of nitrogens with zero attached hydrogens (tertiary/aromatic N) is 1. The first-order valence-electron chi connectivity index (χ1n) is 12.4. The number of likely N-dealkylation sites (tertiary alicyclic amines) is 1. The van der Waals surface area contributed by atoms with Crippen LogP contribution in [-0.4, -0.2) is 54.9 Å². The van der Waals surface area contributed by atoms with E-state index in [0.29, 0.717) is 46.4 Å². The van der Waals surface area contributed by atoms with E-state index in [0.717, 1.165) is 32.1 Å². The Labute approximate surface area is 221 Å². The number of benzene rings is 2. The quantitative estimate of drug-likeness (QED) is 0.564. The number of hydrogen-bond acceptors (Lipinski definition) is 4. The highest BCUT2D eigenvalue weighted by atomic mass is 35.5. The van der Waals surface area contributed by atoms with Gasteiger partial charge in [-0.2, -0.15) is 0 Å². The molecule has 2 aromatic rings. The van der Waals surface area contributed by atoms with E-state index in [1.165, 1.54) is 0 Å². The Hall–Kier alpha value is -2.77. The zero-order valence-corrected chi connectivity index (χ0v) is 21.8. The van der Waals surface area contributed by atoms with Crippen LogP contribution in [0.5, 0.6) is 5.75 Å². The molecule has 4 rings (SSSR count). The molecule has 0 spiro atoms. The van der Waals surface area contributed by atoms with Crippen molar-refractivity contribution in [1.29, 1.82) is 0 Å². The SMILES string of the molecule is COc1ccc(C(=O)N[C@@H]2CCCC[C@H]2NC(=O)[C@@H]2CCCN(C(=O)c3ccc(Cl)c(Cl)c3)C2)cc1. The first-order valence-corrected chi connectivity index (χ1v) is 13.1. The van der Waals surface area contributed by atoms with E-state index in [2.05, 4.69) is 10.6 Å². The Morgan fingerprint density at radius 2 is 1.53 bits per heavy atom. The van der Waals surface area contributed by atoms with Crippen LogP contribution in [0.1, 0.15) is 59.2 Å². The molecular weight excluding hydrogens is 501 g/mol. The Kier molecular flexibility index (Phi) is 8.75. The molecule has 1 saturated carbocycles. The van der Waals surface area contributed by atoms with Gasteiger partial charge in [0.25, 0.3) is 11.8 Å². The summed E-state index contributed by atoms with van der Waals surface area (Å²) in [5, 5.41) is 7.01. The number of piperidine rings is 1. The maximum atomic E-state index is 13.2. The Bertz CT molecular complexity index is 1110. The Balaban J connectivity index is 1.36. The van der Waals surface area contributed by atoms with Crippen molar-refractivity contribution in [1.82, 2.24) is 15.5 Å². The van der Waals surface area contributed by atoms with Gasteiger partial charge in [-0.15, -0.1) is 0 Å². The van der Waals surface area contributed by atoms with E-state index in [4.69, 9.17) is 27.9 Å². The number of carbonyl (C=O) groups excluding carboxylic acids is 3. The Morgan fingerprint density at radius 3 is 2.19 bits per heavy atom. The van der Waals surface area contributed by atoms with Gasteiger partial charge in [-0.05, 0) is 68.1 Å². The molecule has 0 aromatic heterocycles. The smallest absolute Gasteiger partial charge is 0.253 e. The van der Waals surface area contributed by atoms with Gasteiger partial charge in [0.05, 0.1) is 23.1 Å². The zero-order chi connectivity index (χ0) is 25.7. The zero-order valence-electron chi connectivity index (χ0n) is 20.3. The maximum absolute atomic E-state index is 13.2. The molecule has 3 atom stereocenters. The van der Waals surface area contributed by atoms with Gasteiger partial charge in [0.2, 0.25) is 5.91 Å². The maximum Gasteiger partial charge on any atom is 0.253 e. The number of hydrogen-bond donors (Lipinski definition) is 2. The molecule has 0 bridgehead atoms. The second kappa shape index (κ2) is 12.0.